The van der Waals surface area contributed by atoms with E-state index < -0.39 is 0 Å². The zero-order chi connectivity index (χ0) is 9.97. The fourth-order valence-electron chi connectivity index (χ4n) is 1.17. The summed E-state index contributed by atoms with van der Waals surface area (Å²) in [4.78, 5) is 12.2. The molecule has 72 valence electrons. The number of nitrogens with zero attached hydrogens (tertiary/aromatic N) is 4. The van der Waals surface area contributed by atoms with Crippen molar-refractivity contribution in [3.05, 3.63) is 41.5 Å². The number of hydrogen-bond donors (Lipinski definition) is 0. The van der Waals surface area contributed by atoms with Crippen molar-refractivity contribution in [2.75, 3.05) is 0 Å². The van der Waals surface area contributed by atoms with Crippen LogP contribution in [0.4, 0.5) is 0 Å². The largest absolute Gasteiger partial charge is 0.329 e. The van der Waals surface area contributed by atoms with Gasteiger partial charge in [0.1, 0.15) is 11.0 Å². The third kappa shape index (κ3) is 1.90. The lowest BCUT2D eigenvalue weighted by atomic mass is 10.4. The van der Waals surface area contributed by atoms with Crippen LogP contribution in [0.3, 0.4) is 0 Å². The molecule has 0 aliphatic carbocycles. The maximum atomic E-state index is 5.63. The SMILES string of the molecule is Cc1nccn1Cc1cnc(Cl)cn1. The van der Waals surface area contributed by atoms with Gasteiger partial charge in [-0.1, -0.05) is 11.6 Å². The Balaban J connectivity index is 2.19. The molecule has 0 aliphatic heterocycles. The summed E-state index contributed by atoms with van der Waals surface area (Å²) in [5, 5.41) is 0.413. The van der Waals surface area contributed by atoms with E-state index >= 15 is 0 Å². The highest BCUT2D eigenvalue weighted by Crippen LogP contribution is 2.04. The quantitative estimate of drug-likeness (QED) is 0.754. The fourth-order valence-corrected chi connectivity index (χ4v) is 1.26. The second-order valence-electron chi connectivity index (χ2n) is 2.93. The molecule has 2 aromatic heterocycles. The maximum absolute atomic E-state index is 5.63. The van der Waals surface area contributed by atoms with Crippen molar-refractivity contribution in [2.45, 2.75) is 13.5 Å². The highest BCUT2D eigenvalue weighted by atomic mass is 35.5. The summed E-state index contributed by atoms with van der Waals surface area (Å²) >= 11 is 5.63. The molecular weight excluding hydrogens is 200 g/mol. The topological polar surface area (TPSA) is 43.6 Å². The molecule has 0 aliphatic rings. The van der Waals surface area contributed by atoms with E-state index in [4.69, 9.17) is 11.6 Å². The van der Waals surface area contributed by atoms with Gasteiger partial charge in [0.25, 0.3) is 0 Å². The van der Waals surface area contributed by atoms with Crippen LogP contribution in [-0.4, -0.2) is 19.5 Å². The molecule has 2 heterocycles. The van der Waals surface area contributed by atoms with Gasteiger partial charge in [0, 0.05) is 12.4 Å². The van der Waals surface area contributed by atoms with Gasteiger partial charge in [-0.25, -0.2) is 9.97 Å². The lowest BCUT2D eigenvalue weighted by molar-refractivity contribution is 0.737. The van der Waals surface area contributed by atoms with Gasteiger partial charge in [-0.3, -0.25) is 4.98 Å². The Bertz CT molecular complexity index is 421. The lowest BCUT2D eigenvalue weighted by Gasteiger charge is -2.03. The van der Waals surface area contributed by atoms with Crippen molar-refractivity contribution >= 4 is 11.6 Å². The van der Waals surface area contributed by atoms with Crippen LogP contribution >= 0.6 is 11.6 Å². The number of rotatable bonds is 2. The summed E-state index contributed by atoms with van der Waals surface area (Å²) in [5.74, 6) is 0.960. The monoisotopic (exact) mass is 208 g/mol. The minimum atomic E-state index is 0.413. The lowest BCUT2D eigenvalue weighted by Crippen LogP contribution is -2.02. The first-order chi connectivity index (χ1) is 6.75. The molecule has 14 heavy (non-hydrogen) atoms. The van der Waals surface area contributed by atoms with E-state index in [-0.39, 0.29) is 0 Å². The van der Waals surface area contributed by atoms with Crippen LogP contribution in [0.15, 0.2) is 24.8 Å². The second kappa shape index (κ2) is 3.75. The van der Waals surface area contributed by atoms with Gasteiger partial charge in [0.05, 0.1) is 24.6 Å². The average molecular weight is 209 g/mol. The Labute approximate surface area is 86.6 Å². The fraction of sp³-hybridized carbons (Fsp3) is 0.222. The van der Waals surface area contributed by atoms with E-state index in [1.165, 1.54) is 0 Å². The zero-order valence-corrected chi connectivity index (χ0v) is 8.44. The Hall–Kier alpha value is -1.42. The summed E-state index contributed by atoms with van der Waals surface area (Å²) in [5.41, 5.74) is 0.871. The van der Waals surface area contributed by atoms with Crippen LogP contribution < -0.4 is 0 Å². The molecular formula is C9H9ClN4. The standard InChI is InChI=1S/C9H9ClN4/c1-7-11-2-3-14(7)6-8-4-13-9(10)5-12-8/h2-5H,6H2,1H3. The summed E-state index contributed by atoms with van der Waals surface area (Å²) in [6, 6.07) is 0. The summed E-state index contributed by atoms with van der Waals surface area (Å²) in [6.45, 7) is 2.62. The maximum Gasteiger partial charge on any atom is 0.147 e. The van der Waals surface area contributed by atoms with Crippen molar-refractivity contribution in [1.82, 2.24) is 19.5 Å². The molecule has 2 aromatic rings. The molecule has 0 amide bonds. The van der Waals surface area contributed by atoms with Crippen LogP contribution in [0.25, 0.3) is 0 Å². The van der Waals surface area contributed by atoms with Crippen molar-refractivity contribution in [2.24, 2.45) is 0 Å². The number of imidazole rings is 1. The number of halogens is 1. The zero-order valence-electron chi connectivity index (χ0n) is 7.68. The first-order valence-electron chi connectivity index (χ1n) is 4.20. The molecule has 0 fully saturated rings. The number of hydrogen-bond acceptors (Lipinski definition) is 3. The van der Waals surface area contributed by atoms with E-state index in [1.807, 2.05) is 17.7 Å². The third-order valence-electron chi connectivity index (χ3n) is 1.93. The van der Waals surface area contributed by atoms with E-state index in [9.17, 15) is 0 Å². The van der Waals surface area contributed by atoms with Gasteiger partial charge in [-0.2, -0.15) is 0 Å². The molecule has 0 atom stereocenters. The van der Waals surface area contributed by atoms with Crippen molar-refractivity contribution < 1.29 is 0 Å². The molecule has 2 rings (SSSR count). The predicted octanol–water partition coefficient (Wildman–Crippen LogP) is 1.68. The minimum Gasteiger partial charge on any atom is -0.329 e. The third-order valence-corrected chi connectivity index (χ3v) is 2.12. The first kappa shape index (κ1) is 9.15. The molecule has 0 aromatic carbocycles. The Morgan fingerprint density at radius 3 is 2.71 bits per heavy atom. The molecule has 0 N–H and O–H groups in total. The normalized spacial score (nSPS) is 10.4. The van der Waals surface area contributed by atoms with Crippen LogP contribution in [0.1, 0.15) is 11.5 Å². The Morgan fingerprint density at radius 2 is 2.14 bits per heavy atom. The van der Waals surface area contributed by atoms with Crippen LogP contribution in [0, 0.1) is 6.92 Å². The molecule has 4 nitrogen and oxygen atoms in total. The van der Waals surface area contributed by atoms with Gasteiger partial charge in [0.15, 0.2) is 0 Å². The first-order valence-corrected chi connectivity index (χ1v) is 4.57. The smallest absolute Gasteiger partial charge is 0.147 e. The number of aryl methyl sites for hydroxylation is 1. The molecule has 0 radical (unpaired) electrons. The summed E-state index contributed by atoms with van der Waals surface area (Å²) < 4.78 is 2.00. The van der Waals surface area contributed by atoms with Gasteiger partial charge >= 0.3 is 0 Å². The summed E-state index contributed by atoms with van der Waals surface area (Å²) in [6.07, 6.45) is 6.88. The van der Waals surface area contributed by atoms with Gasteiger partial charge < -0.3 is 4.57 Å². The Morgan fingerprint density at radius 1 is 1.29 bits per heavy atom. The van der Waals surface area contributed by atoms with Crippen LogP contribution in [0.2, 0.25) is 5.15 Å². The Kier molecular flexibility index (Phi) is 2.45. The summed E-state index contributed by atoms with van der Waals surface area (Å²) in [7, 11) is 0. The van der Waals surface area contributed by atoms with E-state index in [1.54, 1.807) is 18.6 Å². The van der Waals surface area contributed by atoms with Crippen LogP contribution in [0.5, 0.6) is 0 Å². The molecule has 5 heteroatoms. The van der Waals surface area contributed by atoms with Gasteiger partial charge in [-0.15, -0.1) is 0 Å². The van der Waals surface area contributed by atoms with Crippen molar-refractivity contribution in [3.63, 3.8) is 0 Å². The number of aromatic nitrogens is 4. The van der Waals surface area contributed by atoms with E-state index in [0.29, 0.717) is 11.7 Å². The highest BCUT2D eigenvalue weighted by molar-refractivity contribution is 6.29. The minimum absolute atomic E-state index is 0.413. The molecule has 0 saturated carbocycles. The second-order valence-corrected chi connectivity index (χ2v) is 3.32. The van der Waals surface area contributed by atoms with Gasteiger partial charge in [0.2, 0.25) is 0 Å². The molecule has 0 bridgehead atoms. The van der Waals surface area contributed by atoms with Gasteiger partial charge in [-0.05, 0) is 6.92 Å². The highest BCUT2D eigenvalue weighted by Gasteiger charge is 1.99. The van der Waals surface area contributed by atoms with Crippen LogP contribution in [-0.2, 0) is 6.54 Å². The molecule has 0 spiro atoms. The average Bonchev–Trinajstić information content (AvgIpc) is 2.56. The van der Waals surface area contributed by atoms with E-state index in [0.717, 1.165) is 11.5 Å². The predicted molar refractivity (Wildman–Crippen MR) is 53.1 cm³/mol. The van der Waals surface area contributed by atoms with E-state index in [2.05, 4.69) is 15.0 Å². The molecule has 0 saturated heterocycles. The molecule has 0 unspecified atom stereocenters. The van der Waals surface area contributed by atoms with Crippen molar-refractivity contribution in [1.29, 1.82) is 0 Å². The van der Waals surface area contributed by atoms with Crippen molar-refractivity contribution in [3.8, 4) is 0 Å².